The van der Waals surface area contributed by atoms with Gasteiger partial charge in [-0.15, -0.1) is 10.2 Å². The molecule has 0 unspecified atom stereocenters. The molecule has 1 amide bonds. The Balaban J connectivity index is 1.61. The number of sulfonamides is 1. The van der Waals surface area contributed by atoms with Gasteiger partial charge in [0.2, 0.25) is 5.88 Å². The quantitative estimate of drug-likeness (QED) is 0.200. The van der Waals surface area contributed by atoms with E-state index < -0.39 is 22.5 Å². The highest BCUT2D eigenvalue weighted by molar-refractivity contribution is 7.92. The Morgan fingerprint density at radius 1 is 1.03 bits per heavy atom. The van der Waals surface area contributed by atoms with E-state index in [9.17, 15) is 18.3 Å². The maximum Gasteiger partial charge on any atom is 0.285 e. The van der Waals surface area contributed by atoms with E-state index in [1.807, 2.05) is 6.92 Å². The molecule has 37 heavy (non-hydrogen) atoms. The average Bonchev–Trinajstić information content (AvgIpc) is 3.22. The van der Waals surface area contributed by atoms with E-state index in [0.29, 0.717) is 28.9 Å². The number of aromatic nitrogens is 1. The minimum atomic E-state index is -4.12. The molecule has 0 atom stereocenters. The van der Waals surface area contributed by atoms with Crippen molar-refractivity contribution in [3.8, 4) is 11.6 Å². The number of nitrogens with one attached hydrogen (secondary N) is 1. The molecule has 3 aromatic carbocycles. The second kappa shape index (κ2) is 11.3. The van der Waals surface area contributed by atoms with Gasteiger partial charge in [0.1, 0.15) is 12.3 Å². The molecule has 1 heterocycles. The van der Waals surface area contributed by atoms with Crippen molar-refractivity contribution >= 4 is 38.2 Å². The van der Waals surface area contributed by atoms with Crippen LogP contribution in [0.5, 0.6) is 11.6 Å². The number of aromatic amines is 1. The number of hydrogen-bond donors (Lipinski definition) is 2. The van der Waals surface area contributed by atoms with Crippen molar-refractivity contribution in [2.75, 3.05) is 17.5 Å². The largest absolute Gasteiger partial charge is 0.494 e. The van der Waals surface area contributed by atoms with Gasteiger partial charge in [-0.05, 0) is 55.8 Å². The van der Waals surface area contributed by atoms with Crippen molar-refractivity contribution in [2.24, 2.45) is 10.2 Å². The molecule has 9 nitrogen and oxygen atoms in total. The van der Waals surface area contributed by atoms with Crippen LogP contribution in [0.4, 0.5) is 11.4 Å². The first kappa shape index (κ1) is 25.9. The molecule has 0 aliphatic heterocycles. The van der Waals surface area contributed by atoms with Gasteiger partial charge in [0.15, 0.2) is 5.69 Å². The molecule has 1 aromatic heterocycles. The number of anilines is 1. The molecule has 10 heteroatoms. The summed E-state index contributed by atoms with van der Waals surface area (Å²) >= 11 is 0. The molecular formula is C27H28N4O5S. The molecule has 0 spiro atoms. The summed E-state index contributed by atoms with van der Waals surface area (Å²) in [5, 5.41) is 18.4. The number of aryl methyl sites for hydroxylation is 1. The normalized spacial score (nSPS) is 11.7. The Kier molecular flexibility index (Phi) is 7.88. The number of para-hydroxylation sites is 1. The number of H-pyrrole nitrogens is 1. The fraction of sp³-hybridized carbons (Fsp3) is 0.222. The number of ether oxygens (including phenoxy) is 1. The van der Waals surface area contributed by atoms with E-state index in [0.717, 1.165) is 22.7 Å². The zero-order chi connectivity index (χ0) is 26.4. The van der Waals surface area contributed by atoms with Gasteiger partial charge in [-0.3, -0.25) is 9.10 Å². The summed E-state index contributed by atoms with van der Waals surface area (Å²) in [7, 11) is -4.12. The summed E-state index contributed by atoms with van der Waals surface area (Å²) in [6.45, 7) is 3.91. The SMILES string of the molecule is CCCCOc1ccc(S(=O)(=O)N(CC(=O)N=Nc2c(O)[nH]c3ccccc23)c2ccc(C)cc2)cc1. The second-order valence-electron chi connectivity index (χ2n) is 8.48. The van der Waals surface area contributed by atoms with Gasteiger partial charge in [-0.25, -0.2) is 8.42 Å². The summed E-state index contributed by atoms with van der Waals surface area (Å²) in [6.07, 6.45) is 1.89. The van der Waals surface area contributed by atoms with E-state index in [1.54, 1.807) is 60.7 Å². The second-order valence-corrected chi connectivity index (χ2v) is 10.3. The van der Waals surface area contributed by atoms with Crippen molar-refractivity contribution in [3.05, 3.63) is 78.4 Å². The minimum absolute atomic E-state index is 0.00919. The van der Waals surface area contributed by atoms with Crippen LogP contribution in [0, 0.1) is 6.92 Å². The molecule has 0 bridgehead atoms. The molecule has 2 N–H and O–H groups in total. The van der Waals surface area contributed by atoms with E-state index in [4.69, 9.17) is 4.74 Å². The highest BCUT2D eigenvalue weighted by Gasteiger charge is 2.27. The molecule has 0 aliphatic carbocycles. The summed E-state index contributed by atoms with van der Waals surface area (Å²) in [6, 6.07) is 19.9. The Morgan fingerprint density at radius 3 is 2.43 bits per heavy atom. The van der Waals surface area contributed by atoms with Crippen molar-refractivity contribution in [1.29, 1.82) is 0 Å². The van der Waals surface area contributed by atoms with Crippen LogP contribution in [0.2, 0.25) is 0 Å². The summed E-state index contributed by atoms with van der Waals surface area (Å²) in [5.41, 5.74) is 1.99. The standard InChI is InChI=1S/C27H28N4O5S/c1-3-4-17-36-21-13-15-22(16-14-21)37(34,35)31(20-11-9-19(2)10-12-20)18-25(32)29-30-26-23-7-5-6-8-24(23)28-27(26)33/h5-16,28,33H,3-4,17-18H2,1-2H3. The number of rotatable bonds is 10. The smallest absolute Gasteiger partial charge is 0.285 e. The lowest BCUT2D eigenvalue weighted by Gasteiger charge is -2.23. The fourth-order valence-electron chi connectivity index (χ4n) is 3.67. The zero-order valence-corrected chi connectivity index (χ0v) is 21.4. The third-order valence-corrected chi connectivity index (χ3v) is 7.49. The van der Waals surface area contributed by atoms with Gasteiger partial charge >= 0.3 is 0 Å². The highest BCUT2D eigenvalue weighted by Crippen LogP contribution is 2.35. The van der Waals surface area contributed by atoms with Crippen LogP contribution in [-0.4, -0.2) is 37.6 Å². The van der Waals surface area contributed by atoms with Gasteiger partial charge in [-0.1, -0.05) is 49.2 Å². The third-order valence-electron chi connectivity index (χ3n) is 5.70. The van der Waals surface area contributed by atoms with Crippen LogP contribution < -0.4 is 9.04 Å². The summed E-state index contributed by atoms with van der Waals surface area (Å²) in [5.74, 6) is -0.465. The first-order valence-corrected chi connectivity index (χ1v) is 13.3. The maximum absolute atomic E-state index is 13.6. The van der Waals surface area contributed by atoms with Crippen molar-refractivity contribution < 1.29 is 23.1 Å². The van der Waals surface area contributed by atoms with E-state index >= 15 is 0 Å². The fourth-order valence-corrected chi connectivity index (χ4v) is 5.08. The maximum atomic E-state index is 13.6. The molecule has 0 fully saturated rings. The first-order valence-electron chi connectivity index (χ1n) is 11.9. The molecule has 0 saturated heterocycles. The highest BCUT2D eigenvalue weighted by atomic mass is 32.2. The van der Waals surface area contributed by atoms with Crippen molar-refractivity contribution in [3.63, 3.8) is 0 Å². The number of aromatic hydroxyl groups is 1. The number of unbranched alkanes of at least 4 members (excludes halogenated alkanes) is 1. The van der Waals surface area contributed by atoms with Gasteiger partial charge in [0.25, 0.3) is 15.9 Å². The number of hydrogen-bond acceptors (Lipinski definition) is 6. The van der Waals surface area contributed by atoms with Crippen molar-refractivity contribution in [1.82, 2.24) is 4.98 Å². The lowest BCUT2D eigenvalue weighted by molar-refractivity contribution is -0.116. The van der Waals surface area contributed by atoms with Crippen LogP contribution in [0.1, 0.15) is 25.3 Å². The van der Waals surface area contributed by atoms with Crippen LogP contribution in [0.3, 0.4) is 0 Å². The molecule has 0 radical (unpaired) electrons. The van der Waals surface area contributed by atoms with Crippen LogP contribution >= 0.6 is 0 Å². The van der Waals surface area contributed by atoms with E-state index in [2.05, 4.69) is 22.1 Å². The first-order chi connectivity index (χ1) is 17.8. The number of azo groups is 1. The predicted molar refractivity (Wildman–Crippen MR) is 142 cm³/mol. The summed E-state index contributed by atoms with van der Waals surface area (Å²) < 4.78 is 33.8. The topological polar surface area (TPSA) is 124 Å². The lowest BCUT2D eigenvalue weighted by Crippen LogP contribution is -2.35. The van der Waals surface area contributed by atoms with E-state index in [1.165, 1.54) is 12.1 Å². The van der Waals surface area contributed by atoms with Gasteiger partial charge in [0, 0.05) is 5.39 Å². The van der Waals surface area contributed by atoms with Gasteiger partial charge in [-0.2, -0.15) is 0 Å². The summed E-state index contributed by atoms with van der Waals surface area (Å²) in [4.78, 5) is 15.6. The zero-order valence-electron chi connectivity index (χ0n) is 20.6. The number of carbonyl (C=O) groups is 1. The minimum Gasteiger partial charge on any atom is -0.494 e. The number of benzene rings is 3. The van der Waals surface area contributed by atoms with Crippen LogP contribution in [-0.2, 0) is 14.8 Å². The molecule has 0 saturated carbocycles. The van der Waals surface area contributed by atoms with Gasteiger partial charge in [0.05, 0.1) is 22.7 Å². The number of nitrogens with zero attached hydrogens (tertiary/aromatic N) is 3. The Morgan fingerprint density at radius 2 is 1.73 bits per heavy atom. The monoisotopic (exact) mass is 520 g/mol. The molecule has 192 valence electrons. The van der Waals surface area contributed by atoms with Crippen LogP contribution in [0.25, 0.3) is 10.9 Å². The Bertz CT molecular complexity index is 1510. The number of carbonyl (C=O) groups excluding carboxylic acids is 1. The molecule has 0 aliphatic rings. The van der Waals surface area contributed by atoms with Gasteiger partial charge < -0.3 is 14.8 Å². The number of amides is 1. The Hall–Kier alpha value is -4.18. The Labute approximate surface area is 215 Å². The third kappa shape index (κ3) is 5.97. The number of fused-ring (bicyclic) bond motifs is 1. The molecule has 4 rings (SSSR count). The lowest BCUT2D eigenvalue weighted by atomic mass is 10.2. The molecule has 4 aromatic rings. The molecular weight excluding hydrogens is 492 g/mol. The van der Waals surface area contributed by atoms with E-state index in [-0.39, 0.29) is 16.5 Å². The van der Waals surface area contributed by atoms with Crippen LogP contribution in [0.15, 0.2) is 87.9 Å². The van der Waals surface area contributed by atoms with Crippen molar-refractivity contribution in [2.45, 2.75) is 31.6 Å². The predicted octanol–water partition coefficient (Wildman–Crippen LogP) is 5.87. The average molecular weight is 521 g/mol.